The van der Waals surface area contributed by atoms with Gasteiger partial charge in [0.2, 0.25) is 24.3 Å². The highest BCUT2D eigenvalue weighted by molar-refractivity contribution is 5.67. The Morgan fingerprint density at radius 1 is 0.809 bits per heavy atom. The first-order valence-electron chi connectivity index (χ1n) is 15.1. The Balaban J connectivity index is 0.000000339. The number of aromatic nitrogens is 8. The van der Waals surface area contributed by atoms with E-state index in [1.54, 1.807) is 0 Å². The standard InChI is InChI=1S/C22H28N10.C5H5N3O.2C2H2.CH4O/c1-2-10-31(9-1)21-25-20(24-19-15-18(28-29-19)16-3-4-16)26-22(27-21)32-13-11-30(12-14-32)17-5-7-23-8-6-17;9-4-8-5-3-6-1-2-7-5;3*1-2/h5-8,15-16H,1-4,9-14H2,(H2,24,25,26,27,28,29);1-4H,(H,7,8,9);2*1-2H;2H,1H3. The Kier molecular flexibility index (Phi) is 14.8. The number of aromatic amines is 1. The van der Waals surface area contributed by atoms with Crippen molar-refractivity contribution in [2.75, 3.05) is 71.7 Å². The number of aliphatic hydroxyl groups excluding tert-OH is 1. The number of nitrogens with one attached hydrogen (secondary N) is 3. The Labute approximate surface area is 275 Å². The fraction of sp³-hybridized carbons (Fsp3) is 0.375. The van der Waals surface area contributed by atoms with Crippen LogP contribution >= 0.6 is 0 Å². The van der Waals surface area contributed by atoms with Crippen LogP contribution in [0, 0.1) is 25.7 Å². The number of H-pyrrole nitrogens is 1. The largest absolute Gasteiger partial charge is 0.400 e. The third-order valence-corrected chi connectivity index (χ3v) is 7.22. The van der Waals surface area contributed by atoms with E-state index >= 15 is 0 Å². The lowest BCUT2D eigenvalue weighted by molar-refractivity contribution is -0.105. The lowest BCUT2D eigenvalue weighted by Crippen LogP contribution is -2.47. The molecule has 7 rings (SSSR count). The maximum Gasteiger partial charge on any atom is 0.235 e. The monoisotopic (exact) mass is 639 g/mol. The summed E-state index contributed by atoms with van der Waals surface area (Å²) in [4.78, 5) is 42.7. The fourth-order valence-corrected chi connectivity index (χ4v) is 4.88. The van der Waals surface area contributed by atoms with E-state index < -0.39 is 0 Å². The van der Waals surface area contributed by atoms with Gasteiger partial charge in [-0.2, -0.15) is 20.1 Å². The molecular formula is C32H41N13O2. The average Bonchev–Trinajstić information content (AvgIpc) is 3.64. The van der Waals surface area contributed by atoms with Crippen LogP contribution < -0.4 is 25.3 Å². The fourth-order valence-electron chi connectivity index (χ4n) is 4.88. The number of amides is 1. The number of pyridine rings is 1. The van der Waals surface area contributed by atoms with Crippen LogP contribution in [-0.2, 0) is 4.79 Å². The number of rotatable bonds is 8. The molecule has 0 spiro atoms. The molecule has 0 unspecified atom stereocenters. The number of carbonyl (C=O) groups is 1. The van der Waals surface area contributed by atoms with Crippen molar-refractivity contribution in [1.29, 1.82) is 0 Å². The summed E-state index contributed by atoms with van der Waals surface area (Å²) in [7, 11) is 1.00. The lowest BCUT2D eigenvalue weighted by Gasteiger charge is -2.36. The molecule has 15 nitrogen and oxygen atoms in total. The number of anilines is 6. The minimum absolute atomic E-state index is 0.465. The van der Waals surface area contributed by atoms with Crippen LogP contribution in [0.5, 0.6) is 0 Å². The molecular weight excluding hydrogens is 598 g/mol. The molecule has 1 aliphatic carbocycles. The molecule has 0 aromatic carbocycles. The van der Waals surface area contributed by atoms with Gasteiger partial charge in [0.1, 0.15) is 0 Å². The maximum absolute atomic E-state index is 9.80. The van der Waals surface area contributed by atoms with Crippen LogP contribution in [0.15, 0.2) is 49.2 Å². The van der Waals surface area contributed by atoms with Gasteiger partial charge in [0.15, 0.2) is 11.6 Å². The third kappa shape index (κ3) is 10.7. The smallest absolute Gasteiger partial charge is 0.235 e. The first-order chi connectivity index (χ1) is 23.2. The van der Waals surface area contributed by atoms with Crippen LogP contribution in [0.1, 0.15) is 37.3 Å². The van der Waals surface area contributed by atoms with Gasteiger partial charge in [-0.3, -0.25) is 19.9 Å². The summed E-state index contributed by atoms with van der Waals surface area (Å²) in [5, 5.41) is 20.2. The first-order valence-corrected chi connectivity index (χ1v) is 15.1. The molecule has 4 aromatic heterocycles. The molecule has 0 radical (unpaired) electrons. The van der Waals surface area contributed by atoms with Gasteiger partial charge in [-0.15, -0.1) is 25.7 Å². The van der Waals surface area contributed by atoms with Gasteiger partial charge in [-0.25, -0.2) is 4.98 Å². The second kappa shape index (κ2) is 19.6. The predicted octanol–water partition coefficient (Wildman–Crippen LogP) is 2.69. The zero-order valence-corrected chi connectivity index (χ0v) is 26.5. The minimum Gasteiger partial charge on any atom is -0.400 e. The van der Waals surface area contributed by atoms with E-state index in [-0.39, 0.29) is 0 Å². The summed E-state index contributed by atoms with van der Waals surface area (Å²) in [6.07, 6.45) is 29.6. The van der Waals surface area contributed by atoms with E-state index in [4.69, 9.17) is 20.1 Å². The zero-order valence-electron chi connectivity index (χ0n) is 26.5. The molecule has 15 heteroatoms. The van der Waals surface area contributed by atoms with Crippen molar-refractivity contribution >= 4 is 41.6 Å². The minimum atomic E-state index is 0.465. The molecule has 47 heavy (non-hydrogen) atoms. The highest BCUT2D eigenvalue weighted by Crippen LogP contribution is 2.39. The molecule has 6 heterocycles. The highest BCUT2D eigenvalue weighted by Gasteiger charge is 2.26. The third-order valence-electron chi connectivity index (χ3n) is 7.22. The van der Waals surface area contributed by atoms with Crippen molar-refractivity contribution in [1.82, 2.24) is 40.1 Å². The summed E-state index contributed by atoms with van der Waals surface area (Å²) in [6, 6.07) is 6.20. The number of nitrogens with zero attached hydrogens (tertiary/aromatic N) is 10. The summed E-state index contributed by atoms with van der Waals surface area (Å²) in [6.45, 7) is 5.54. The van der Waals surface area contributed by atoms with Crippen LogP contribution in [-0.4, -0.2) is 98.0 Å². The van der Waals surface area contributed by atoms with Crippen molar-refractivity contribution in [3.63, 3.8) is 0 Å². The van der Waals surface area contributed by atoms with Crippen molar-refractivity contribution in [2.24, 2.45) is 0 Å². The molecule has 2 aliphatic heterocycles. The zero-order chi connectivity index (χ0) is 33.9. The average molecular weight is 640 g/mol. The van der Waals surface area contributed by atoms with E-state index in [9.17, 15) is 4.79 Å². The van der Waals surface area contributed by atoms with E-state index in [0.717, 1.165) is 64.1 Å². The summed E-state index contributed by atoms with van der Waals surface area (Å²) in [5.41, 5.74) is 2.40. The Morgan fingerprint density at radius 2 is 1.43 bits per heavy atom. The number of carbonyl (C=O) groups excluding carboxylic acids is 1. The van der Waals surface area contributed by atoms with Crippen molar-refractivity contribution in [2.45, 2.75) is 31.6 Å². The van der Waals surface area contributed by atoms with Crippen LogP contribution in [0.4, 0.5) is 35.2 Å². The SMILES string of the molecule is C#C.C#C.CO.O=CNc1cnccn1.c1cc(N2CCN(c3nc(Nc4cc(C5CC5)[nH]n4)nc(N4CCCC4)n3)CC2)ccn1. The van der Waals surface area contributed by atoms with E-state index in [0.29, 0.717) is 24.1 Å². The molecule has 0 atom stereocenters. The topological polar surface area (TPSA) is 177 Å². The second-order valence-corrected chi connectivity index (χ2v) is 10.1. The summed E-state index contributed by atoms with van der Waals surface area (Å²) in [5.74, 6) is 3.90. The van der Waals surface area contributed by atoms with Gasteiger partial charge in [0.25, 0.3) is 0 Å². The van der Waals surface area contributed by atoms with Crippen LogP contribution in [0.25, 0.3) is 0 Å². The molecule has 1 amide bonds. The van der Waals surface area contributed by atoms with Crippen molar-refractivity contribution < 1.29 is 9.90 Å². The van der Waals surface area contributed by atoms with Gasteiger partial charge in [-0.1, -0.05) is 0 Å². The van der Waals surface area contributed by atoms with E-state index in [1.165, 1.54) is 55.7 Å². The molecule has 4 aromatic rings. The Morgan fingerprint density at radius 3 is 2.00 bits per heavy atom. The lowest BCUT2D eigenvalue weighted by atomic mass is 10.3. The van der Waals surface area contributed by atoms with E-state index in [1.807, 2.05) is 12.4 Å². The van der Waals surface area contributed by atoms with Gasteiger partial charge in [-0.05, 0) is 37.8 Å². The summed E-state index contributed by atoms with van der Waals surface area (Å²) >= 11 is 0. The number of terminal acetylenes is 2. The molecule has 1 saturated carbocycles. The molecule has 3 aliphatic rings. The van der Waals surface area contributed by atoms with Crippen LogP contribution in [0.2, 0.25) is 0 Å². The molecule has 3 fully saturated rings. The molecule has 246 valence electrons. The highest BCUT2D eigenvalue weighted by atomic mass is 16.2. The van der Waals surface area contributed by atoms with Gasteiger partial charge in [0, 0.05) is 94.5 Å². The quantitative estimate of drug-likeness (QED) is 0.164. The normalized spacial score (nSPS) is 14.7. The number of piperazine rings is 1. The molecule has 4 N–H and O–H groups in total. The Bertz CT molecular complexity index is 1490. The predicted molar refractivity (Wildman–Crippen MR) is 183 cm³/mol. The molecule has 2 saturated heterocycles. The summed E-state index contributed by atoms with van der Waals surface area (Å²) < 4.78 is 0. The number of hydrogen-bond acceptors (Lipinski definition) is 13. The second-order valence-electron chi connectivity index (χ2n) is 10.1. The van der Waals surface area contributed by atoms with Gasteiger partial charge >= 0.3 is 0 Å². The van der Waals surface area contributed by atoms with Crippen molar-refractivity contribution in [3.8, 4) is 25.7 Å². The maximum atomic E-state index is 9.80. The number of aliphatic hydroxyl groups is 1. The Hall–Kier alpha value is -5.80. The number of hydrogen-bond donors (Lipinski definition) is 4. The van der Waals surface area contributed by atoms with Gasteiger partial charge < -0.3 is 30.4 Å². The first kappa shape index (κ1) is 35.7. The molecule has 0 bridgehead atoms. The van der Waals surface area contributed by atoms with Gasteiger partial charge in [0.05, 0.1) is 6.20 Å². The van der Waals surface area contributed by atoms with E-state index in [2.05, 4.69) is 94.4 Å². The van der Waals surface area contributed by atoms with Crippen molar-refractivity contribution in [3.05, 3.63) is 54.9 Å². The van der Waals surface area contributed by atoms with Crippen LogP contribution in [0.3, 0.4) is 0 Å².